The average Bonchev–Trinajstić information content (AvgIpc) is 2.89. The maximum absolute atomic E-state index is 11.7. The summed E-state index contributed by atoms with van der Waals surface area (Å²) in [5.41, 5.74) is 10.0. The number of anilines is 1. The van der Waals surface area contributed by atoms with Gasteiger partial charge in [0, 0.05) is 12.1 Å². The van der Waals surface area contributed by atoms with Gasteiger partial charge in [0.2, 0.25) is 5.95 Å². The number of nitrogen functional groups attached to an aromatic ring is 1. The van der Waals surface area contributed by atoms with Gasteiger partial charge in [0.1, 0.15) is 6.54 Å². The van der Waals surface area contributed by atoms with Crippen LogP contribution in [-0.4, -0.2) is 31.8 Å². The summed E-state index contributed by atoms with van der Waals surface area (Å²) in [6.07, 6.45) is 1.45. The van der Waals surface area contributed by atoms with Crippen LogP contribution in [-0.2, 0) is 17.8 Å². The Balaban J connectivity index is 1.91. The lowest BCUT2D eigenvalue weighted by Gasteiger charge is -2.05. The van der Waals surface area contributed by atoms with Crippen molar-refractivity contribution in [3.63, 3.8) is 0 Å². The third kappa shape index (κ3) is 4.37. The summed E-state index contributed by atoms with van der Waals surface area (Å²) >= 11 is 0. The Morgan fingerprint density at radius 1 is 1.38 bits per heavy atom. The molecule has 0 aliphatic heterocycles. The fourth-order valence-corrected chi connectivity index (χ4v) is 1.71. The van der Waals surface area contributed by atoms with E-state index in [2.05, 4.69) is 26.1 Å². The van der Waals surface area contributed by atoms with Gasteiger partial charge in [0.05, 0.1) is 0 Å². The van der Waals surface area contributed by atoms with Crippen molar-refractivity contribution in [2.24, 2.45) is 5.10 Å². The molecule has 0 radical (unpaired) electrons. The molecular formula is C13H17N7O. The first kappa shape index (κ1) is 14.6. The minimum Gasteiger partial charge on any atom is -0.367 e. The van der Waals surface area contributed by atoms with Gasteiger partial charge >= 0.3 is 0 Å². The highest BCUT2D eigenvalue weighted by molar-refractivity contribution is 5.87. The first-order valence-corrected chi connectivity index (χ1v) is 6.59. The molecule has 3 N–H and O–H groups in total. The van der Waals surface area contributed by atoms with Crippen LogP contribution in [0.1, 0.15) is 18.9 Å². The summed E-state index contributed by atoms with van der Waals surface area (Å²) in [6.45, 7) is 1.93. The van der Waals surface area contributed by atoms with Crippen LogP contribution in [0.15, 0.2) is 35.4 Å². The molecular weight excluding hydrogens is 270 g/mol. The molecule has 0 bridgehead atoms. The second-order valence-corrected chi connectivity index (χ2v) is 4.42. The molecule has 110 valence electrons. The van der Waals surface area contributed by atoms with Crippen molar-refractivity contribution in [2.45, 2.75) is 26.3 Å². The smallest absolute Gasteiger partial charge is 0.261 e. The number of nitrogens with two attached hydrogens (primary N) is 1. The first-order valence-electron chi connectivity index (χ1n) is 6.59. The zero-order valence-electron chi connectivity index (χ0n) is 11.7. The maximum Gasteiger partial charge on any atom is 0.261 e. The number of hydrogen-bond acceptors (Lipinski definition) is 6. The van der Waals surface area contributed by atoms with E-state index in [4.69, 9.17) is 5.73 Å². The molecule has 0 aliphatic carbocycles. The molecule has 1 amide bonds. The minimum absolute atomic E-state index is 0.0648. The molecule has 21 heavy (non-hydrogen) atoms. The number of aromatic nitrogens is 4. The summed E-state index contributed by atoms with van der Waals surface area (Å²) in [5, 5.41) is 14.6. The number of amides is 1. The summed E-state index contributed by atoms with van der Waals surface area (Å²) in [7, 11) is 0. The van der Waals surface area contributed by atoms with Crippen LogP contribution in [0.3, 0.4) is 0 Å². The Hall–Kier alpha value is -2.77. The van der Waals surface area contributed by atoms with Crippen molar-refractivity contribution in [1.82, 2.24) is 25.6 Å². The Morgan fingerprint density at radius 3 is 2.76 bits per heavy atom. The fraction of sp³-hybridized carbons (Fsp3) is 0.308. The molecule has 0 saturated carbocycles. The zero-order chi connectivity index (χ0) is 15.1. The number of benzene rings is 1. The molecule has 0 unspecified atom stereocenters. The van der Waals surface area contributed by atoms with Crippen molar-refractivity contribution in [3.8, 4) is 0 Å². The lowest BCUT2D eigenvalue weighted by Crippen LogP contribution is -2.26. The van der Waals surface area contributed by atoms with Crippen molar-refractivity contribution >= 4 is 17.6 Å². The number of hydrazone groups is 1. The Bertz CT molecular complexity index is 620. The van der Waals surface area contributed by atoms with E-state index in [1.165, 1.54) is 4.68 Å². The second kappa shape index (κ2) is 7.13. The fourth-order valence-electron chi connectivity index (χ4n) is 1.71. The van der Waals surface area contributed by atoms with Crippen LogP contribution in [0.2, 0.25) is 0 Å². The molecule has 1 heterocycles. The SMILES string of the molecule is CC/C(Cc1ccccc1)=N/NC(=O)Cn1nnnc1N. The highest BCUT2D eigenvalue weighted by Crippen LogP contribution is 2.02. The highest BCUT2D eigenvalue weighted by atomic mass is 16.2. The van der Waals surface area contributed by atoms with Crippen LogP contribution < -0.4 is 11.2 Å². The van der Waals surface area contributed by atoms with Gasteiger partial charge < -0.3 is 5.73 Å². The van der Waals surface area contributed by atoms with E-state index in [1.807, 2.05) is 37.3 Å². The van der Waals surface area contributed by atoms with Crippen LogP contribution in [0.5, 0.6) is 0 Å². The number of carbonyl (C=O) groups excluding carboxylic acids is 1. The molecule has 8 heteroatoms. The van der Waals surface area contributed by atoms with Gasteiger partial charge in [-0.15, -0.1) is 0 Å². The third-order valence-corrected chi connectivity index (χ3v) is 2.85. The molecule has 8 nitrogen and oxygen atoms in total. The topological polar surface area (TPSA) is 111 Å². The van der Waals surface area contributed by atoms with E-state index in [-0.39, 0.29) is 18.4 Å². The van der Waals surface area contributed by atoms with Gasteiger partial charge in [-0.25, -0.2) is 10.1 Å². The van der Waals surface area contributed by atoms with Crippen LogP contribution in [0.4, 0.5) is 5.95 Å². The van der Waals surface area contributed by atoms with E-state index in [0.29, 0.717) is 6.42 Å². The van der Waals surface area contributed by atoms with E-state index in [0.717, 1.165) is 17.7 Å². The van der Waals surface area contributed by atoms with Crippen molar-refractivity contribution < 1.29 is 4.79 Å². The Kier molecular flexibility index (Phi) is 4.97. The molecule has 2 rings (SSSR count). The van der Waals surface area contributed by atoms with Crippen LogP contribution in [0, 0.1) is 0 Å². The second-order valence-electron chi connectivity index (χ2n) is 4.42. The number of hydrogen-bond donors (Lipinski definition) is 2. The van der Waals surface area contributed by atoms with Gasteiger partial charge in [-0.2, -0.15) is 5.10 Å². The van der Waals surface area contributed by atoms with E-state index in [9.17, 15) is 4.79 Å². The largest absolute Gasteiger partial charge is 0.367 e. The summed E-state index contributed by atoms with van der Waals surface area (Å²) in [6, 6.07) is 9.96. The van der Waals surface area contributed by atoms with Gasteiger partial charge in [-0.1, -0.05) is 42.4 Å². The molecule has 0 atom stereocenters. The minimum atomic E-state index is -0.326. The predicted molar refractivity (Wildman–Crippen MR) is 78.2 cm³/mol. The van der Waals surface area contributed by atoms with Crippen molar-refractivity contribution in [2.75, 3.05) is 5.73 Å². The summed E-state index contributed by atoms with van der Waals surface area (Å²) in [5.74, 6) is -0.234. The lowest BCUT2D eigenvalue weighted by molar-refractivity contribution is -0.121. The van der Waals surface area contributed by atoms with Gasteiger partial charge in [0.15, 0.2) is 0 Å². The molecule has 2 aromatic rings. The van der Waals surface area contributed by atoms with Gasteiger partial charge in [-0.05, 0) is 22.4 Å². The van der Waals surface area contributed by atoms with Crippen molar-refractivity contribution in [1.29, 1.82) is 0 Å². The highest BCUT2D eigenvalue weighted by Gasteiger charge is 2.07. The third-order valence-electron chi connectivity index (χ3n) is 2.85. The number of rotatable bonds is 6. The normalized spacial score (nSPS) is 11.4. The predicted octanol–water partition coefficient (Wildman–Crippen LogP) is 0.380. The molecule has 1 aromatic heterocycles. The molecule has 0 fully saturated rings. The quantitative estimate of drug-likeness (QED) is 0.589. The Labute approximate surface area is 122 Å². The number of nitrogens with one attached hydrogen (secondary N) is 1. The van der Waals surface area contributed by atoms with Crippen molar-refractivity contribution in [3.05, 3.63) is 35.9 Å². The van der Waals surface area contributed by atoms with Gasteiger partial charge in [0.25, 0.3) is 5.91 Å². The zero-order valence-corrected chi connectivity index (χ0v) is 11.7. The van der Waals surface area contributed by atoms with Crippen LogP contribution in [0.25, 0.3) is 0 Å². The summed E-state index contributed by atoms with van der Waals surface area (Å²) in [4.78, 5) is 11.7. The molecule has 0 aliphatic rings. The molecule has 0 spiro atoms. The first-order chi connectivity index (χ1) is 10.2. The monoisotopic (exact) mass is 287 g/mol. The number of carbonyl (C=O) groups is 1. The van der Waals surface area contributed by atoms with E-state index < -0.39 is 0 Å². The van der Waals surface area contributed by atoms with Crippen LogP contribution >= 0.6 is 0 Å². The van der Waals surface area contributed by atoms with E-state index >= 15 is 0 Å². The lowest BCUT2D eigenvalue weighted by atomic mass is 10.1. The average molecular weight is 287 g/mol. The number of tetrazole rings is 1. The van der Waals surface area contributed by atoms with Gasteiger partial charge in [-0.3, -0.25) is 4.79 Å². The Morgan fingerprint density at radius 2 is 2.14 bits per heavy atom. The molecule has 1 aromatic carbocycles. The standard InChI is InChI=1S/C13H17N7O/c1-2-11(8-10-6-4-3-5-7-10)15-16-12(21)9-20-13(14)17-18-19-20/h3-7H,2,8-9H2,1H3,(H,16,21)(H2,14,17,19)/b15-11-. The number of nitrogens with zero attached hydrogens (tertiary/aromatic N) is 5. The van der Waals surface area contributed by atoms with E-state index in [1.54, 1.807) is 0 Å². The summed E-state index contributed by atoms with van der Waals surface area (Å²) < 4.78 is 1.20. The maximum atomic E-state index is 11.7. The molecule has 0 saturated heterocycles.